The van der Waals surface area contributed by atoms with Gasteiger partial charge in [-0.05, 0) is 5.56 Å². The standard InChI is InChI=1S/C12H10N2O3/c15-11-10-9(7-17-11)14(12(16)13-10)6-8-4-2-1-3-5-8/h1-5,7,10H,6H2,(H,13,16). The zero-order valence-electron chi connectivity index (χ0n) is 8.92. The van der Waals surface area contributed by atoms with E-state index in [4.69, 9.17) is 4.74 Å². The summed E-state index contributed by atoms with van der Waals surface area (Å²) in [5.74, 6) is -0.427. The van der Waals surface area contributed by atoms with Crippen LogP contribution in [-0.4, -0.2) is 22.9 Å². The van der Waals surface area contributed by atoms with Crippen molar-refractivity contribution in [3.8, 4) is 0 Å². The van der Waals surface area contributed by atoms with Crippen molar-refractivity contribution in [2.45, 2.75) is 12.6 Å². The SMILES string of the molecule is O=C1OC=C2C1NC(=O)N2Cc1ccccc1. The Morgan fingerprint density at radius 3 is 2.76 bits per heavy atom. The van der Waals surface area contributed by atoms with Crippen LogP contribution in [0, 0.1) is 0 Å². The molecule has 0 aliphatic carbocycles. The van der Waals surface area contributed by atoms with Crippen molar-refractivity contribution >= 4 is 12.0 Å². The molecule has 1 N–H and O–H groups in total. The molecular weight excluding hydrogens is 220 g/mol. The van der Waals surface area contributed by atoms with E-state index in [0.29, 0.717) is 12.2 Å². The average Bonchev–Trinajstić information content (AvgIpc) is 2.83. The number of ether oxygens (including phenoxy) is 1. The van der Waals surface area contributed by atoms with Gasteiger partial charge in [0, 0.05) is 0 Å². The molecule has 1 saturated heterocycles. The Labute approximate surface area is 97.7 Å². The molecule has 17 heavy (non-hydrogen) atoms. The van der Waals surface area contributed by atoms with Crippen LogP contribution in [-0.2, 0) is 16.1 Å². The van der Waals surface area contributed by atoms with Crippen LogP contribution in [0.2, 0.25) is 0 Å². The number of hydrogen-bond acceptors (Lipinski definition) is 3. The number of urea groups is 1. The van der Waals surface area contributed by atoms with Crippen LogP contribution in [0.1, 0.15) is 5.56 Å². The summed E-state index contributed by atoms with van der Waals surface area (Å²) in [6, 6.07) is 8.69. The van der Waals surface area contributed by atoms with Crippen LogP contribution in [0.25, 0.3) is 0 Å². The first-order valence-corrected chi connectivity index (χ1v) is 5.28. The van der Waals surface area contributed by atoms with E-state index in [0.717, 1.165) is 5.56 Å². The van der Waals surface area contributed by atoms with Crippen molar-refractivity contribution in [3.63, 3.8) is 0 Å². The van der Waals surface area contributed by atoms with Gasteiger partial charge in [0.1, 0.15) is 6.26 Å². The van der Waals surface area contributed by atoms with E-state index in [1.54, 1.807) is 0 Å². The number of carbonyl (C=O) groups is 2. The summed E-state index contributed by atoms with van der Waals surface area (Å²) in [4.78, 5) is 24.5. The largest absolute Gasteiger partial charge is 0.431 e. The second-order valence-corrected chi connectivity index (χ2v) is 3.93. The monoisotopic (exact) mass is 230 g/mol. The van der Waals surface area contributed by atoms with Crippen LogP contribution in [0.5, 0.6) is 0 Å². The number of rotatable bonds is 2. The second-order valence-electron chi connectivity index (χ2n) is 3.93. The summed E-state index contributed by atoms with van der Waals surface area (Å²) in [6.07, 6.45) is 1.34. The van der Waals surface area contributed by atoms with E-state index >= 15 is 0 Å². The normalized spacial score (nSPS) is 22.0. The van der Waals surface area contributed by atoms with Gasteiger partial charge < -0.3 is 10.1 Å². The van der Waals surface area contributed by atoms with Gasteiger partial charge in [-0.15, -0.1) is 0 Å². The fourth-order valence-electron chi connectivity index (χ4n) is 1.98. The first-order valence-electron chi connectivity index (χ1n) is 5.28. The van der Waals surface area contributed by atoms with E-state index in [9.17, 15) is 9.59 Å². The van der Waals surface area contributed by atoms with Crippen molar-refractivity contribution in [1.29, 1.82) is 0 Å². The lowest BCUT2D eigenvalue weighted by Gasteiger charge is -2.14. The molecule has 0 radical (unpaired) electrons. The smallest absolute Gasteiger partial charge is 0.339 e. The fourth-order valence-corrected chi connectivity index (χ4v) is 1.98. The van der Waals surface area contributed by atoms with Crippen LogP contribution in [0.3, 0.4) is 0 Å². The maximum absolute atomic E-state index is 11.7. The Morgan fingerprint density at radius 1 is 1.24 bits per heavy atom. The van der Waals surface area contributed by atoms with Crippen LogP contribution in [0.15, 0.2) is 42.3 Å². The molecule has 5 heteroatoms. The molecule has 5 nitrogen and oxygen atoms in total. The molecule has 2 aliphatic rings. The van der Waals surface area contributed by atoms with Gasteiger partial charge in [0.2, 0.25) is 0 Å². The van der Waals surface area contributed by atoms with Gasteiger partial charge >= 0.3 is 12.0 Å². The van der Waals surface area contributed by atoms with E-state index in [1.165, 1.54) is 11.2 Å². The highest BCUT2D eigenvalue weighted by Gasteiger charge is 2.43. The molecule has 0 bridgehead atoms. The first kappa shape index (κ1) is 9.89. The number of fused-ring (bicyclic) bond motifs is 1. The third-order valence-electron chi connectivity index (χ3n) is 2.84. The van der Waals surface area contributed by atoms with Crippen LogP contribution >= 0.6 is 0 Å². The lowest BCUT2D eigenvalue weighted by molar-refractivity contribution is -0.136. The number of esters is 1. The molecule has 86 valence electrons. The van der Waals surface area contributed by atoms with Gasteiger partial charge in [0.15, 0.2) is 6.04 Å². The fraction of sp³-hybridized carbons (Fsp3) is 0.167. The Morgan fingerprint density at radius 2 is 2.00 bits per heavy atom. The van der Waals surface area contributed by atoms with Gasteiger partial charge in [-0.2, -0.15) is 0 Å². The molecule has 2 aliphatic heterocycles. The first-order chi connectivity index (χ1) is 8.25. The summed E-state index contributed by atoms with van der Waals surface area (Å²) >= 11 is 0. The topological polar surface area (TPSA) is 58.6 Å². The number of nitrogens with one attached hydrogen (secondary N) is 1. The molecular formula is C12H10N2O3. The quantitative estimate of drug-likeness (QED) is 0.770. The molecule has 0 spiro atoms. The molecule has 1 aromatic rings. The number of nitrogens with zero attached hydrogens (tertiary/aromatic N) is 1. The zero-order chi connectivity index (χ0) is 11.8. The lowest BCUT2D eigenvalue weighted by atomic mass is 10.2. The molecule has 2 amide bonds. The minimum Gasteiger partial charge on any atom is -0.431 e. The summed E-state index contributed by atoms with van der Waals surface area (Å²) < 4.78 is 4.78. The predicted octanol–water partition coefficient (Wildman–Crippen LogP) is 0.979. The van der Waals surface area contributed by atoms with Gasteiger partial charge in [0.05, 0.1) is 12.2 Å². The number of benzene rings is 1. The van der Waals surface area contributed by atoms with Gasteiger partial charge in [-0.1, -0.05) is 30.3 Å². The maximum Gasteiger partial charge on any atom is 0.339 e. The zero-order valence-corrected chi connectivity index (χ0v) is 8.92. The second kappa shape index (κ2) is 3.62. The molecule has 1 unspecified atom stereocenters. The molecule has 1 atom stereocenters. The summed E-state index contributed by atoms with van der Waals surface area (Å²) in [5.41, 5.74) is 1.59. The van der Waals surface area contributed by atoms with Crippen molar-refractivity contribution in [3.05, 3.63) is 47.9 Å². The Balaban J connectivity index is 1.84. The highest BCUT2D eigenvalue weighted by Crippen LogP contribution is 2.25. The Bertz CT molecular complexity index is 510. The average molecular weight is 230 g/mol. The van der Waals surface area contributed by atoms with Gasteiger partial charge in [-0.3, -0.25) is 4.90 Å². The highest BCUT2D eigenvalue weighted by molar-refractivity contribution is 5.94. The molecule has 1 fully saturated rings. The van der Waals surface area contributed by atoms with E-state index in [2.05, 4.69) is 5.32 Å². The highest BCUT2D eigenvalue weighted by atomic mass is 16.5. The Hall–Kier alpha value is -2.30. The third kappa shape index (κ3) is 1.56. The van der Waals surface area contributed by atoms with Crippen LogP contribution < -0.4 is 5.32 Å². The lowest BCUT2D eigenvalue weighted by Crippen LogP contribution is -2.32. The molecule has 1 aromatic carbocycles. The summed E-state index contributed by atoms with van der Waals surface area (Å²) in [7, 11) is 0. The number of carbonyl (C=O) groups excluding carboxylic acids is 2. The Kier molecular flexibility index (Phi) is 2.11. The van der Waals surface area contributed by atoms with Crippen molar-refractivity contribution in [2.24, 2.45) is 0 Å². The molecule has 3 rings (SSSR count). The minimum atomic E-state index is -0.633. The predicted molar refractivity (Wildman–Crippen MR) is 58.5 cm³/mol. The summed E-state index contributed by atoms with van der Waals surface area (Å²) in [6.45, 7) is 0.436. The maximum atomic E-state index is 11.7. The van der Waals surface area contributed by atoms with Crippen molar-refractivity contribution in [1.82, 2.24) is 10.2 Å². The van der Waals surface area contributed by atoms with Crippen LogP contribution in [0.4, 0.5) is 4.79 Å². The number of cyclic esters (lactones) is 1. The summed E-state index contributed by atoms with van der Waals surface area (Å²) in [5, 5.41) is 2.58. The van der Waals surface area contributed by atoms with Gasteiger partial charge in [-0.25, -0.2) is 9.59 Å². The number of amides is 2. The van der Waals surface area contributed by atoms with E-state index in [-0.39, 0.29) is 6.03 Å². The molecule has 0 saturated carbocycles. The van der Waals surface area contributed by atoms with Crippen molar-refractivity contribution in [2.75, 3.05) is 0 Å². The molecule has 0 aromatic heterocycles. The van der Waals surface area contributed by atoms with Gasteiger partial charge in [0.25, 0.3) is 0 Å². The van der Waals surface area contributed by atoms with E-state index in [1.807, 2.05) is 30.3 Å². The third-order valence-corrected chi connectivity index (χ3v) is 2.84. The minimum absolute atomic E-state index is 0.262. The van der Waals surface area contributed by atoms with E-state index < -0.39 is 12.0 Å². The number of hydrogen-bond donors (Lipinski definition) is 1. The molecule has 2 heterocycles. The van der Waals surface area contributed by atoms with Crippen molar-refractivity contribution < 1.29 is 14.3 Å².